The van der Waals surface area contributed by atoms with E-state index < -0.39 is 18.0 Å². The van der Waals surface area contributed by atoms with Gasteiger partial charge in [0, 0.05) is 5.56 Å². The molecule has 8 heteroatoms. The van der Waals surface area contributed by atoms with E-state index in [-0.39, 0.29) is 25.9 Å². The van der Waals surface area contributed by atoms with E-state index in [2.05, 4.69) is 5.32 Å². The molecule has 2 aromatic rings. The van der Waals surface area contributed by atoms with Crippen molar-refractivity contribution in [3.05, 3.63) is 59.7 Å². The molecule has 1 saturated heterocycles. The van der Waals surface area contributed by atoms with Crippen LogP contribution in [0, 0.1) is 0 Å². The molecule has 1 N–H and O–H groups in total. The molecule has 0 spiro atoms. The average molecular weight is 368 g/mol. The number of fused-ring (bicyclic) bond motifs is 1. The highest BCUT2D eigenvalue weighted by Gasteiger charge is 2.34. The van der Waals surface area contributed by atoms with E-state index in [0.717, 1.165) is 10.5 Å². The summed E-state index contributed by atoms with van der Waals surface area (Å²) in [5.74, 6) is 0.286. The zero-order chi connectivity index (χ0) is 18.8. The van der Waals surface area contributed by atoms with Gasteiger partial charge >= 0.3 is 6.09 Å². The minimum Gasteiger partial charge on any atom is -0.454 e. The lowest BCUT2D eigenvalue weighted by molar-refractivity contribution is -0.126. The van der Waals surface area contributed by atoms with Crippen molar-refractivity contribution in [2.24, 2.45) is 0 Å². The summed E-state index contributed by atoms with van der Waals surface area (Å²) >= 11 is 0. The maximum absolute atomic E-state index is 12.7. The van der Waals surface area contributed by atoms with Gasteiger partial charge in [0.1, 0.15) is 0 Å². The fourth-order valence-corrected chi connectivity index (χ4v) is 2.94. The van der Waals surface area contributed by atoms with Gasteiger partial charge in [0.25, 0.3) is 11.8 Å². The lowest BCUT2D eigenvalue weighted by Crippen LogP contribution is -2.40. The molecule has 1 atom stereocenters. The number of nitrogens with zero attached hydrogens (tertiary/aromatic N) is 1. The van der Waals surface area contributed by atoms with Crippen molar-refractivity contribution >= 4 is 17.9 Å². The van der Waals surface area contributed by atoms with E-state index in [1.54, 1.807) is 18.2 Å². The summed E-state index contributed by atoms with van der Waals surface area (Å²) in [4.78, 5) is 37.4. The highest BCUT2D eigenvalue weighted by molar-refractivity contribution is 5.98. The SMILES string of the molecule is O=C(NC(CN1C(=O)COC1=O)c1ccccc1)c1ccc2c(c1)OCO2. The Labute approximate surface area is 154 Å². The molecule has 2 aliphatic rings. The van der Waals surface area contributed by atoms with Crippen LogP contribution in [-0.2, 0) is 9.53 Å². The van der Waals surface area contributed by atoms with E-state index in [1.807, 2.05) is 30.3 Å². The van der Waals surface area contributed by atoms with Crippen LogP contribution in [0.4, 0.5) is 4.79 Å². The average Bonchev–Trinajstić information content (AvgIpc) is 3.28. The Morgan fingerprint density at radius 2 is 1.81 bits per heavy atom. The molecule has 2 aromatic carbocycles. The van der Waals surface area contributed by atoms with Crippen molar-refractivity contribution in [1.29, 1.82) is 0 Å². The number of rotatable bonds is 5. The van der Waals surface area contributed by atoms with Crippen LogP contribution in [0.15, 0.2) is 48.5 Å². The summed E-state index contributed by atoms with van der Waals surface area (Å²) in [7, 11) is 0. The number of benzene rings is 2. The van der Waals surface area contributed by atoms with Crippen LogP contribution in [0.3, 0.4) is 0 Å². The third-order valence-corrected chi connectivity index (χ3v) is 4.35. The number of carbonyl (C=O) groups excluding carboxylic acids is 3. The van der Waals surface area contributed by atoms with E-state index in [4.69, 9.17) is 14.2 Å². The Morgan fingerprint density at radius 3 is 2.56 bits per heavy atom. The maximum atomic E-state index is 12.7. The first-order chi connectivity index (χ1) is 13.1. The first kappa shape index (κ1) is 16.9. The standard InChI is InChI=1S/C19H16N2O6/c22-17-10-25-19(24)21(17)9-14(12-4-2-1-3-5-12)20-18(23)13-6-7-15-16(8-13)27-11-26-15/h1-8,14H,9-11H2,(H,20,23). The first-order valence-corrected chi connectivity index (χ1v) is 8.34. The number of hydrogen-bond acceptors (Lipinski definition) is 6. The molecule has 4 rings (SSSR count). The lowest BCUT2D eigenvalue weighted by Gasteiger charge is -2.23. The molecule has 27 heavy (non-hydrogen) atoms. The predicted octanol–water partition coefficient (Wildman–Crippen LogP) is 1.87. The molecule has 0 radical (unpaired) electrons. The second-order valence-corrected chi connectivity index (χ2v) is 6.06. The van der Waals surface area contributed by atoms with Crippen molar-refractivity contribution in [3.8, 4) is 11.5 Å². The summed E-state index contributed by atoms with van der Waals surface area (Å²) in [6, 6.07) is 13.4. The van der Waals surface area contributed by atoms with Gasteiger partial charge in [-0.3, -0.25) is 9.59 Å². The topological polar surface area (TPSA) is 94.2 Å². The van der Waals surface area contributed by atoms with Gasteiger partial charge < -0.3 is 19.5 Å². The van der Waals surface area contributed by atoms with Gasteiger partial charge in [0.05, 0.1) is 12.6 Å². The zero-order valence-corrected chi connectivity index (χ0v) is 14.2. The maximum Gasteiger partial charge on any atom is 0.417 e. The number of imide groups is 1. The number of cyclic esters (lactones) is 1. The third kappa shape index (κ3) is 3.41. The largest absolute Gasteiger partial charge is 0.454 e. The minimum absolute atomic E-state index is 0.0159. The molecule has 8 nitrogen and oxygen atoms in total. The summed E-state index contributed by atoms with van der Waals surface area (Å²) in [5.41, 5.74) is 1.15. The fraction of sp³-hybridized carbons (Fsp3) is 0.211. The fourth-order valence-electron chi connectivity index (χ4n) is 2.94. The summed E-state index contributed by atoms with van der Waals surface area (Å²) < 4.78 is 15.3. The highest BCUT2D eigenvalue weighted by Crippen LogP contribution is 2.32. The van der Waals surface area contributed by atoms with Crippen LogP contribution in [0.5, 0.6) is 11.5 Å². The van der Waals surface area contributed by atoms with Crippen LogP contribution in [0.2, 0.25) is 0 Å². The minimum atomic E-state index is -0.710. The monoisotopic (exact) mass is 368 g/mol. The summed E-state index contributed by atoms with van der Waals surface area (Å²) in [6.45, 7) is -0.180. The second kappa shape index (κ2) is 6.99. The normalized spacial score (nSPS) is 16.2. The number of carbonyl (C=O) groups is 3. The third-order valence-electron chi connectivity index (χ3n) is 4.35. The Morgan fingerprint density at radius 1 is 1.04 bits per heavy atom. The van der Waals surface area contributed by atoms with Crippen LogP contribution in [0.25, 0.3) is 0 Å². The molecule has 0 saturated carbocycles. The molecular weight excluding hydrogens is 352 g/mol. The van der Waals surface area contributed by atoms with Crippen LogP contribution in [-0.4, -0.2) is 42.8 Å². The van der Waals surface area contributed by atoms with Gasteiger partial charge in [-0.25, -0.2) is 9.69 Å². The molecule has 2 heterocycles. The molecule has 1 fully saturated rings. The van der Waals surface area contributed by atoms with Gasteiger partial charge in [0.2, 0.25) is 6.79 Å². The molecule has 0 aromatic heterocycles. The van der Waals surface area contributed by atoms with Crippen molar-refractivity contribution in [3.63, 3.8) is 0 Å². The molecule has 138 valence electrons. The van der Waals surface area contributed by atoms with Crippen LogP contribution < -0.4 is 14.8 Å². The molecule has 0 bridgehead atoms. The van der Waals surface area contributed by atoms with E-state index in [1.165, 1.54) is 0 Å². The predicted molar refractivity (Wildman–Crippen MR) is 92.3 cm³/mol. The van der Waals surface area contributed by atoms with Crippen molar-refractivity contribution < 1.29 is 28.6 Å². The first-order valence-electron chi connectivity index (χ1n) is 8.34. The molecular formula is C19H16N2O6. The van der Waals surface area contributed by atoms with E-state index >= 15 is 0 Å². The van der Waals surface area contributed by atoms with Crippen molar-refractivity contribution in [2.45, 2.75) is 6.04 Å². The zero-order valence-electron chi connectivity index (χ0n) is 14.2. The van der Waals surface area contributed by atoms with Gasteiger partial charge in [-0.05, 0) is 23.8 Å². The number of amides is 3. The smallest absolute Gasteiger partial charge is 0.417 e. The van der Waals surface area contributed by atoms with Gasteiger partial charge in [-0.15, -0.1) is 0 Å². The number of nitrogens with one attached hydrogen (secondary N) is 1. The van der Waals surface area contributed by atoms with Gasteiger partial charge in [-0.1, -0.05) is 30.3 Å². The number of ether oxygens (including phenoxy) is 3. The molecule has 2 aliphatic heterocycles. The molecule has 3 amide bonds. The molecule has 1 unspecified atom stereocenters. The Balaban J connectivity index is 1.56. The van der Waals surface area contributed by atoms with E-state index in [0.29, 0.717) is 17.1 Å². The summed E-state index contributed by atoms with van der Waals surface area (Å²) in [6.07, 6.45) is -0.710. The second-order valence-electron chi connectivity index (χ2n) is 6.06. The molecule has 0 aliphatic carbocycles. The van der Waals surface area contributed by atoms with Gasteiger partial charge in [0.15, 0.2) is 18.1 Å². The Hall–Kier alpha value is -3.55. The van der Waals surface area contributed by atoms with Gasteiger partial charge in [-0.2, -0.15) is 0 Å². The highest BCUT2D eigenvalue weighted by atomic mass is 16.7. The lowest BCUT2D eigenvalue weighted by atomic mass is 10.1. The van der Waals surface area contributed by atoms with E-state index in [9.17, 15) is 14.4 Å². The summed E-state index contributed by atoms with van der Waals surface area (Å²) in [5, 5.41) is 2.87. The van der Waals surface area contributed by atoms with Crippen molar-refractivity contribution in [2.75, 3.05) is 19.9 Å². The van der Waals surface area contributed by atoms with Crippen LogP contribution >= 0.6 is 0 Å². The number of hydrogen-bond donors (Lipinski definition) is 1. The van der Waals surface area contributed by atoms with Crippen LogP contribution in [0.1, 0.15) is 22.0 Å². The quantitative estimate of drug-likeness (QED) is 0.866. The Kier molecular flexibility index (Phi) is 4.37. The van der Waals surface area contributed by atoms with Crippen molar-refractivity contribution in [1.82, 2.24) is 10.2 Å². The Bertz CT molecular complexity index is 882.